The summed E-state index contributed by atoms with van der Waals surface area (Å²) in [6.07, 6.45) is 2.62. The molecule has 1 fully saturated rings. The van der Waals surface area contributed by atoms with Crippen molar-refractivity contribution in [1.29, 1.82) is 0 Å². The molecule has 3 unspecified atom stereocenters. The predicted octanol–water partition coefficient (Wildman–Crippen LogP) is 2.37. The summed E-state index contributed by atoms with van der Waals surface area (Å²) in [5.74, 6) is 0.359. The Hall–Kier alpha value is -1.40. The Kier molecular flexibility index (Phi) is 4.87. The molecule has 0 saturated heterocycles. The normalized spacial score (nSPS) is 28.7. The Bertz CT molecular complexity index is 682. The zero-order chi connectivity index (χ0) is 17.4. The lowest BCUT2D eigenvalue weighted by atomic mass is 9.56. The minimum absolute atomic E-state index is 0.00159. The van der Waals surface area contributed by atoms with Gasteiger partial charge in [-0.05, 0) is 54.7 Å². The third kappa shape index (κ3) is 3.28. The number of amides is 1. The highest BCUT2D eigenvalue weighted by molar-refractivity contribution is 7.89. The molecule has 128 valence electrons. The summed E-state index contributed by atoms with van der Waals surface area (Å²) in [6.45, 7) is 6.25. The highest BCUT2D eigenvalue weighted by Gasteiger charge is 2.49. The second kappa shape index (κ2) is 6.24. The van der Waals surface area contributed by atoms with Crippen molar-refractivity contribution >= 4 is 15.9 Å². The fourth-order valence-electron chi connectivity index (χ4n) is 3.98. The summed E-state index contributed by atoms with van der Waals surface area (Å²) in [4.78, 5) is 12.4. The first-order valence-electron chi connectivity index (χ1n) is 8.01. The molecule has 6 heteroatoms. The molecular weight excluding hydrogens is 312 g/mol. The molecule has 0 heterocycles. The Labute approximate surface area is 138 Å². The van der Waals surface area contributed by atoms with Crippen LogP contribution in [-0.4, -0.2) is 14.3 Å². The predicted molar refractivity (Wildman–Crippen MR) is 90.0 cm³/mol. The first-order chi connectivity index (χ1) is 10.6. The van der Waals surface area contributed by atoms with Crippen molar-refractivity contribution in [3.63, 3.8) is 0 Å². The van der Waals surface area contributed by atoms with E-state index in [0.29, 0.717) is 5.92 Å². The van der Waals surface area contributed by atoms with Gasteiger partial charge in [0.25, 0.3) is 0 Å². The van der Waals surface area contributed by atoms with Crippen molar-refractivity contribution in [2.75, 3.05) is 0 Å². The summed E-state index contributed by atoms with van der Waals surface area (Å²) in [5.41, 5.74) is 6.19. The Morgan fingerprint density at radius 3 is 2.26 bits per heavy atom. The first-order valence-corrected chi connectivity index (χ1v) is 9.56. The van der Waals surface area contributed by atoms with Gasteiger partial charge in [-0.2, -0.15) is 0 Å². The summed E-state index contributed by atoms with van der Waals surface area (Å²) < 4.78 is 22.8. The molecule has 1 aromatic rings. The van der Waals surface area contributed by atoms with E-state index in [2.05, 4.69) is 6.92 Å². The van der Waals surface area contributed by atoms with Crippen molar-refractivity contribution in [3.8, 4) is 0 Å². The zero-order valence-corrected chi connectivity index (χ0v) is 14.8. The molecule has 3 atom stereocenters. The fourth-order valence-corrected chi connectivity index (χ4v) is 4.50. The SMILES string of the molecule is CC1CCC(C(N)=O)(C(C)C)C(c2ccc(S(N)(=O)=O)cc2)C1. The molecule has 4 N–H and O–H groups in total. The molecule has 0 spiro atoms. The number of carbonyl (C=O) groups excluding carboxylic acids is 1. The van der Waals surface area contributed by atoms with Crippen LogP contribution in [0.1, 0.15) is 51.5 Å². The van der Waals surface area contributed by atoms with Crippen LogP contribution in [0, 0.1) is 17.3 Å². The van der Waals surface area contributed by atoms with Gasteiger partial charge in [0.2, 0.25) is 15.9 Å². The smallest absolute Gasteiger partial charge is 0.238 e. The van der Waals surface area contributed by atoms with Crippen molar-refractivity contribution in [2.45, 2.75) is 50.8 Å². The van der Waals surface area contributed by atoms with Crippen LogP contribution in [0.5, 0.6) is 0 Å². The van der Waals surface area contributed by atoms with Crippen molar-refractivity contribution in [1.82, 2.24) is 0 Å². The van der Waals surface area contributed by atoms with Gasteiger partial charge in [-0.1, -0.05) is 32.9 Å². The van der Waals surface area contributed by atoms with Crippen LogP contribution in [0.3, 0.4) is 0 Å². The zero-order valence-electron chi connectivity index (χ0n) is 14.0. The summed E-state index contributed by atoms with van der Waals surface area (Å²) in [7, 11) is -3.71. The quantitative estimate of drug-likeness (QED) is 0.880. The van der Waals surface area contributed by atoms with Crippen LogP contribution >= 0.6 is 0 Å². The van der Waals surface area contributed by atoms with E-state index in [-0.39, 0.29) is 22.6 Å². The van der Waals surface area contributed by atoms with E-state index in [4.69, 9.17) is 10.9 Å². The van der Waals surface area contributed by atoms with Gasteiger partial charge in [0.05, 0.1) is 10.3 Å². The minimum Gasteiger partial charge on any atom is -0.369 e. The number of carbonyl (C=O) groups is 1. The van der Waals surface area contributed by atoms with Crippen LogP contribution in [0.25, 0.3) is 0 Å². The van der Waals surface area contributed by atoms with Gasteiger partial charge in [0.15, 0.2) is 0 Å². The third-order valence-electron chi connectivity index (χ3n) is 5.41. The van der Waals surface area contributed by atoms with Crippen LogP contribution in [0.15, 0.2) is 29.2 Å². The van der Waals surface area contributed by atoms with Gasteiger partial charge in [0, 0.05) is 0 Å². The number of primary amides is 1. The minimum atomic E-state index is -3.71. The van der Waals surface area contributed by atoms with E-state index >= 15 is 0 Å². The lowest BCUT2D eigenvalue weighted by molar-refractivity contribution is -0.134. The molecule has 1 aliphatic rings. The van der Waals surface area contributed by atoms with Gasteiger partial charge in [-0.3, -0.25) is 4.79 Å². The summed E-state index contributed by atoms with van der Waals surface area (Å²) in [6, 6.07) is 6.55. The van der Waals surface area contributed by atoms with Crippen molar-refractivity contribution < 1.29 is 13.2 Å². The largest absolute Gasteiger partial charge is 0.369 e. The lowest BCUT2D eigenvalue weighted by Crippen LogP contribution is -2.49. The Morgan fingerprint density at radius 2 is 1.83 bits per heavy atom. The summed E-state index contributed by atoms with van der Waals surface area (Å²) >= 11 is 0. The number of hydrogen-bond donors (Lipinski definition) is 2. The number of nitrogens with two attached hydrogens (primary N) is 2. The standard InChI is InChI=1S/C17H26N2O3S/c1-11(2)17(16(18)20)9-8-12(3)10-15(17)13-4-6-14(7-5-13)23(19,21)22/h4-7,11-12,15H,8-10H2,1-3H3,(H2,18,20)(H2,19,21,22). The maximum atomic E-state index is 12.3. The van der Waals surface area contributed by atoms with Crippen LogP contribution in [-0.2, 0) is 14.8 Å². The molecule has 23 heavy (non-hydrogen) atoms. The number of rotatable bonds is 4. The van der Waals surface area contributed by atoms with E-state index in [1.165, 1.54) is 12.1 Å². The lowest BCUT2D eigenvalue weighted by Gasteiger charge is -2.47. The highest BCUT2D eigenvalue weighted by atomic mass is 32.2. The van der Waals surface area contributed by atoms with Gasteiger partial charge in [-0.25, -0.2) is 13.6 Å². The number of primary sulfonamides is 1. The van der Waals surface area contributed by atoms with Crippen LogP contribution < -0.4 is 10.9 Å². The van der Waals surface area contributed by atoms with E-state index in [9.17, 15) is 13.2 Å². The van der Waals surface area contributed by atoms with Crippen molar-refractivity contribution in [3.05, 3.63) is 29.8 Å². The molecule has 0 aromatic heterocycles. The second-order valence-electron chi connectivity index (χ2n) is 7.11. The van der Waals surface area contributed by atoms with E-state index in [1.807, 2.05) is 13.8 Å². The topological polar surface area (TPSA) is 103 Å². The monoisotopic (exact) mass is 338 g/mol. The molecular formula is C17H26N2O3S. The molecule has 5 nitrogen and oxygen atoms in total. The average Bonchev–Trinajstić information content (AvgIpc) is 2.46. The van der Waals surface area contributed by atoms with E-state index in [0.717, 1.165) is 24.8 Å². The van der Waals surface area contributed by atoms with Crippen LogP contribution in [0.4, 0.5) is 0 Å². The fraction of sp³-hybridized carbons (Fsp3) is 0.588. The average molecular weight is 338 g/mol. The molecule has 0 bridgehead atoms. The molecule has 0 radical (unpaired) electrons. The number of benzene rings is 1. The van der Waals surface area contributed by atoms with Gasteiger partial charge in [-0.15, -0.1) is 0 Å². The molecule has 0 aliphatic heterocycles. The highest BCUT2D eigenvalue weighted by Crippen LogP contribution is 2.53. The molecule has 1 saturated carbocycles. The van der Waals surface area contributed by atoms with Crippen molar-refractivity contribution in [2.24, 2.45) is 28.1 Å². The maximum absolute atomic E-state index is 12.3. The van der Waals surface area contributed by atoms with Gasteiger partial charge < -0.3 is 5.73 Å². The number of hydrogen-bond acceptors (Lipinski definition) is 3. The van der Waals surface area contributed by atoms with Crippen LogP contribution in [0.2, 0.25) is 0 Å². The molecule has 1 amide bonds. The molecule has 2 rings (SSSR count). The maximum Gasteiger partial charge on any atom is 0.238 e. The Balaban J connectivity index is 2.49. The van der Waals surface area contributed by atoms with E-state index < -0.39 is 15.4 Å². The number of sulfonamides is 1. The second-order valence-corrected chi connectivity index (χ2v) is 8.67. The molecule has 1 aliphatic carbocycles. The Morgan fingerprint density at radius 1 is 1.26 bits per heavy atom. The van der Waals surface area contributed by atoms with Gasteiger partial charge in [0.1, 0.15) is 0 Å². The third-order valence-corrected chi connectivity index (χ3v) is 6.34. The summed E-state index contributed by atoms with van der Waals surface area (Å²) in [5, 5.41) is 5.16. The molecule has 1 aromatic carbocycles. The van der Waals surface area contributed by atoms with E-state index in [1.54, 1.807) is 12.1 Å². The first kappa shape index (κ1) is 17.9. The van der Waals surface area contributed by atoms with Gasteiger partial charge >= 0.3 is 0 Å².